The number of piperidine rings is 1. The van der Waals surface area contributed by atoms with E-state index in [4.69, 9.17) is 0 Å². The normalized spacial score (nSPS) is 15.4. The predicted octanol–water partition coefficient (Wildman–Crippen LogP) is 2.94. The van der Waals surface area contributed by atoms with Gasteiger partial charge in [0.25, 0.3) is 10.0 Å². The van der Waals surface area contributed by atoms with Gasteiger partial charge in [-0.3, -0.25) is 9.52 Å². The monoisotopic (exact) mass is 416 g/mol. The number of rotatable bonds is 5. The highest BCUT2D eigenvalue weighted by molar-refractivity contribution is 7.92. The van der Waals surface area contributed by atoms with E-state index < -0.39 is 10.0 Å². The Labute approximate surface area is 172 Å². The highest BCUT2D eigenvalue weighted by Gasteiger charge is 2.21. The van der Waals surface area contributed by atoms with Gasteiger partial charge in [-0.05, 0) is 74.1 Å². The molecule has 1 amide bonds. The van der Waals surface area contributed by atoms with Crippen LogP contribution in [0.3, 0.4) is 0 Å². The zero-order valence-corrected chi connectivity index (χ0v) is 17.9. The molecule has 0 aromatic heterocycles. The van der Waals surface area contributed by atoms with Gasteiger partial charge in [-0.25, -0.2) is 8.42 Å². The molecule has 0 radical (unpaired) electrons. The number of carbonyl (C=O) groups excluding carboxylic acids is 1. The molecule has 1 saturated heterocycles. The number of carbonyl (C=O) groups is 1. The van der Waals surface area contributed by atoms with E-state index >= 15 is 0 Å². The second-order valence-corrected chi connectivity index (χ2v) is 9.44. The number of likely N-dealkylation sites (tertiary alicyclic amines) is 1. The summed E-state index contributed by atoms with van der Waals surface area (Å²) < 4.78 is 28.2. The number of aryl methyl sites for hydroxylation is 3. The lowest BCUT2D eigenvalue weighted by Gasteiger charge is -2.29. The topological polar surface area (TPSA) is 86.7 Å². The van der Waals surface area contributed by atoms with Crippen molar-refractivity contribution in [3.05, 3.63) is 58.7 Å². The first kappa shape index (κ1) is 21.3. The Kier molecular flexibility index (Phi) is 6.29. The van der Waals surface area contributed by atoms with Crippen molar-refractivity contribution in [2.24, 2.45) is 0 Å². The lowest BCUT2D eigenvalue weighted by atomic mass is 10.1. The van der Waals surface area contributed by atoms with Crippen LogP contribution in [0.5, 0.6) is 0 Å². The maximum absolute atomic E-state index is 12.8. The summed E-state index contributed by atoms with van der Waals surface area (Å²) in [4.78, 5) is 14.4. The van der Waals surface area contributed by atoms with E-state index in [-0.39, 0.29) is 23.3 Å². The Hall–Kier alpha value is -2.38. The summed E-state index contributed by atoms with van der Waals surface area (Å²) in [5, 5.41) is 9.56. The summed E-state index contributed by atoms with van der Waals surface area (Å²) in [6, 6.07) is 10.4. The number of anilines is 1. The first-order chi connectivity index (χ1) is 13.7. The molecule has 7 heteroatoms. The fourth-order valence-corrected chi connectivity index (χ4v) is 4.90. The fourth-order valence-electron chi connectivity index (χ4n) is 3.53. The molecule has 0 spiro atoms. The van der Waals surface area contributed by atoms with Crippen molar-refractivity contribution < 1.29 is 18.3 Å². The third kappa shape index (κ3) is 5.16. The van der Waals surface area contributed by atoms with Crippen LogP contribution in [0.15, 0.2) is 41.3 Å². The van der Waals surface area contributed by atoms with E-state index in [0.717, 1.165) is 16.7 Å². The number of hydrogen-bond acceptors (Lipinski definition) is 4. The maximum atomic E-state index is 12.8. The highest BCUT2D eigenvalue weighted by Crippen LogP contribution is 2.23. The number of benzene rings is 2. The second kappa shape index (κ2) is 8.55. The molecule has 2 aromatic rings. The first-order valence-corrected chi connectivity index (χ1v) is 11.3. The van der Waals surface area contributed by atoms with Crippen molar-refractivity contribution in [1.82, 2.24) is 4.90 Å². The van der Waals surface area contributed by atoms with Gasteiger partial charge >= 0.3 is 0 Å². The summed E-state index contributed by atoms with van der Waals surface area (Å²) in [5.74, 6) is 0.0241. The zero-order chi connectivity index (χ0) is 21.2. The number of sulfonamides is 1. The minimum absolute atomic E-state index is 0.0241. The third-order valence-corrected chi connectivity index (χ3v) is 6.98. The predicted molar refractivity (Wildman–Crippen MR) is 113 cm³/mol. The van der Waals surface area contributed by atoms with Crippen LogP contribution in [0.2, 0.25) is 0 Å². The molecule has 0 aliphatic carbocycles. The second-order valence-electron chi connectivity index (χ2n) is 7.79. The molecule has 0 atom stereocenters. The average Bonchev–Trinajstić information content (AvgIpc) is 2.66. The van der Waals surface area contributed by atoms with Gasteiger partial charge in [0.1, 0.15) is 0 Å². The first-order valence-electron chi connectivity index (χ1n) is 9.81. The zero-order valence-electron chi connectivity index (χ0n) is 17.1. The van der Waals surface area contributed by atoms with E-state index in [1.807, 2.05) is 19.9 Å². The van der Waals surface area contributed by atoms with Gasteiger partial charge in [0.15, 0.2) is 0 Å². The van der Waals surface area contributed by atoms with Crippen LogP contribution in [0, 0.1) is 20.8 Å². The van der Waals surface area contributed by atoms with Crippen LogP contribution in [0.4, 0.5) is 5.69 Å². The van der Waals surface area contributed by atoms with Gasteiger partial charge in [0, 0.05) is 18.8 Å². The van der Waals surface area contributed by atoms with Gasteiger partial charge in [-0.1, -0.05) is 18.2 Å². The maximum Gasteiger partial charge on any atom is 0.262 e. The number of aliphatic hydroxyl groups is 1. The minimum Gasteiger partial charge on any atom is -0.393 e. The van der Waals surface area contributed by atoms with Crippen LogP contribution in [-0.4, -0.2) is 43.5 Å². The molecule has 1 fully saturated rings. The summed E-state index contributed by atoms with van der Waals surface area (Å²) in [6.07, 6.45) is 1.18. The summed E-state index contributed by atoms with van der Waals surface area (Å²) in [7, 11) is -3.69. The molecule has 156 valence electrons. The van der Waals surface area contributed by atoms with E-state index in [2.05, 4.69) is 4.72 Å². The van der Waals surface area contributed by atoms with Crippen LogP contribution < -0.4 is 4.72 Å². The Morgan fingerprint density at radius 1 is 1.03 bits per heavy atom. The molecule has 2 aromatic carbocycles. The minimum atomic E-state index is -3.69. The molecule has 0 unspecified atom stereocenters. The van der Waals surface area contributed by atoms with Crippen molar-refractivity contribution in [1.29, 1.82) is 0 Å². The summed E-state index contributed by atoms with van der Waals surface area (Å²) in [5.41, 5.74) is 3.97. The van der Waals surface area contributed by atoms with Crippen LogP contribution in [0.1, 0.15) is 35.1 Å². The van der Waals surface area contributed by atoms with Crippen LogP contribution in [-0.2, 0) is 21.2 Å². The molecule has 3 rings (SSSR count). The molecule has 0 bridgehead atoms. The largest absolute Gasteiger partial charge is 0.393 e. The Morgan fingerprint density at radius 2 is 1.62 bits per heavy atom. The van der Waals surface area contributed by atoms with Crippen LogP contribution >= 0.6 is 0 Å². The average molecular weight is 417 g/mol. The van der Waals surface area contributed by atoms with Crippen LogP contribution in [0.25, 0.3) is 0 Å². The molecule has 0 saturated carbocycles. The highest BCUT2D eigenvalue weighted by atomic mass is 32.2. The third-order valence-electron chi connectivity index (χ3n) is 5.46. The van der Waals surface area contributed by atoms with E-state index in [1.165, 1.54) is 0 Å². The Balaban J connectivity index is 1.67. The molecule has 29 heavy (non-hydrogen) atoms. The smallest absolute Gasteiger partial charge is 0.262 e. The van der Waals surface area contributed by atoms with Gasteiger partial charge in [-0.15, -0.1) is 0 Å². The lowest BCUT2D eigenvalue weighted by Crippen LogP contribution is -2.40. The van der Waals surface area contributed by atoms with Gasteiger partial charge < -0.3 is 10.0 Å². The molecule has 1 aliphatic rings. The van der Waals surface area contributed by atoms with E-state index in [9.17, 15) is 18.3 Å². The standard InChI is InChI=1S/C22H28N2O4S/c1-15-12-17(3)21(13-16(15)2)29(27,28)23-19-6-4-18(5-7-19)14-22(26)24-10-8-20(25)9-11-24/h4-7,12-13,20,23,25H,8-11,14H2,1-3H3. The molecular formula is C22H28N2O4S. The summed E-state index contributed by atoms with van der Waals surface area (Å²) in [6.45, 7) is 6.79. The van der Waals surface area contributed by atoms with Gasteiger partial charge in [-0.2, -0.15) is 0 Å². The number of amides is 1. The molecule has 1 heterocycles. The van der Waals surface area contributed by atoms with Crippen molar-refractivity contribution >= 4 is 21.6 Å². The van der Waals surface area contributed by atoms with Crippen molar-refractivity contribution in [3.63, 3.8) is 0 Å². The Morgan fingerprint density at radius 3 is 2.24 bits per heavy atom. The van der Waals surface area contributed by atoms with Crippen molar-refractivity contribution in [3.8, 4) is 0 Å². The molecular weight excluding hydrogens is 388 g/mol. The number of nitrogens with zero attached hydrogens (tertiary/aromatic N) is 1. The molecule has 6 nitrogen and oxygen atoms in total. The van der Waals surface area contributed by atoms with Gasteiger partial charge in [0.2, 0.25) is 5.91 Å². The number of hydrogen-bond donors (Lipinski definition) is 2. The molecule has 1 aliphatic heterocycles. The van der Waals surface area contributed by atoms with Gasteiger partial charge in [0.05, 0.1) is 17.4 Å². The lowest BCUT2D eigenvalue weighted by molar-refractivity contribution is -0.132. The van der Waals surface area contributed by atoms with E-state index in [1.54, 1.807) is 42.2 Å². The van der Waals surface area contributed by atoms with Crippen molar-refractivity contribution in [2.45, 2.75) is 51.0 Å². The fraction of sp³-hybridized carbons (Fsp3) is 0.409. The van der Waals surface area contributed by atoms with Crippen molar-refractivity contribution in [2.75, 3.05) is 17.8 Å². The SMILES string of the molecule is Cc1cc(C)c(S(=O)(=O)Nc2ccc(CC(=O)N3CCC(O)CC3)cc2)cc1C. The number of aliphatic hydroxyl groups excluding tert-OH is 1. The summed E-state index contributed by atoms with van der Waals surface area (Å²) >= 11 is 0. The quantitative estimate of drug-likeness (QED) is 0.785. The van der Waals surface area contributed by atoms with E-state index in [0.29, 0.717) is 37.2 Å². The molecule has 2 N–H and O–H groups in total. The number of nitrogens with one attached hydrogen (secondary N) is 1. The Bertz CT molecular complexity index is 992.